The molecule has 1 rings (SSSR count). The highest BCUT2D eigenvalue weighted by Gasteiger charge is 2.29. The largest absolute Gasteiger partial charge is 0.816 e. The van der Waals surface area contributed by atoms with Gasteiger partial charge in [-0.3, -0.25) is 10.1 Å². The Bertz CT molecular complexity index is 482. The molecule has 1 aromatic rings. The number of nitriles is 1. The fraction of sp³-hybridized carbons (Fsp3) is 0.125. The van der Waals surface area contributed by atoms with Crippen LogP contribution < -0.4 is 4.52 Å². The van der Waals surface area contributed by atoms with Crippen LogP contribution in [-0.2, 0) is 9.09 Å². The molecular formula is C8H6N2O5P+. The summed E-state index contributed by atoms with van der Waals surface area (Å²) in [6, 6.07) is 4.12. The minimum atomic E-state index is -2.72. The van der Waals surface area contributed by atoms with Crippen LogP contribution >= 0.6 is 8.25 Å². The van der Waals surface area contributed by atoms with Crippen molar-refractivity contribution >= 4 is 13.9 Å². The Morgan fingerprint density at radius 3 is 2.81 bits per heavy atom. The minimum Gasteiger partial charge on any atom is -0.258 e. The van der Waals surface area contributed by atoms with Crippen LogP contribution in [0.4, 0.5) is 5.69 Å². The third-order valence-corrected chi connectivity index (χ3v) is 2.18. The summed E-state index contributed by atoms with van der Waals surface area (Å²) in [5, 5.41) is 18.7. The van der Waals surface area contributed by atoms with E-state index in [9.17, 15) is 14.7 Å². The molecule has 0 N–H and O–H groups in total. The van der Waals surface area contributed by atoms with Crippen molar-refractivity contribution in [3.63, 3.8) is 0 Å². The molecule has 0 bridgehead atoms. The minimum absolute atomic E-state index is 0.202. The second-order valence-corrected chi connectivity index (χ2v) is 3.54. The second-order valence-electron chi connectivity index (χ2n) is 2.73. The summed E-state index contributed by atoms with van der Waals surface area (Å²) in [5.41, 5.74) is 0.334. The molecule has 0 radical (unpaired) electrons. The number of nitro groups is 1. The molecule has 0 aliphatic rings. The first-order valence-corrected chi connectivity index (χ1v) is 5.10. The summed E-state index contributed by atoms with van der Waals surface area (Å²) >= 11 is 0. The standard InChI is InChI=1S/C8H6N2O5P/c1-6-2-3-8(7(4-6)10(11)12)15-16(13)14-5-9/h2-4H,1H3/q+1. The first-order chi connectivity index (χ1) is 7.54. The van der Waals surface area contributed by atoms with Gasteiger partial charge in [0.25, 0.3) is 5.75 Å². The molecule has 1 aromatic carbocycles. The third kappa shape index (κ3) is 2.90. The van der Waals surface area contributed by atoms with Crippen molar-refractivity contribution in [3.8, 4) is 12.0 Å². The molecule has 0 saturated carbocycles. The van der Waals surface area contributed by atoms with Gasteiger partial charge in [0.15, 0.2) is 0 Å². The Balaban J connectivity index is 3.00. The number of hydrogen-bond acceptors (Lipinski definition) is 6. The number of nitro benzene ring substituents is 1. The van der Waals surface area contributed by atoms with Gasteiger partial charge in [0.2, 0.25) is 0 Å². The van der Waals surface area contributed by atoms with Crippen LogP contribution in [0, 0.1) is 28.6 Å². The van der Waals surface area contributed by atoms with Crippen molar-refractivity contribution in [1.82, 2.24) is 0 Å². The summed E-state index contributed by atoms with van der Waals surface area (Å²) in [6.45, 7) is 1.67. The molecule has 0 fully saturated rings. The average molecular weight is 241 g/mol. The van der Waals surface area contributed by atoms with Crippen LogP contribution in [0.15, 0.2) is 18.2 Å². The molecule has 1 atom stereocenters. The molecule has 1 unspecified atom stereocenters. The lowest BCUT2D eigenvalue weighted by molar-refractivity contribution is -0.385. The van der Waals surface area contributed by atoms with E-state index in [0.717, 1.165) is 0 Å². The summed E-state index contributed by atoms with van der Waals surface area (Å²) < 4.78 is 19.5. The van der Waals surface area contributed by atoms with Gasteiger partial charge in [-0.15, -0.1) is 9.79 Å². The highest BCUT2D eigenvalue weighted by Crippen LogP contribution is 2.35. The van der Waals surface area contributed by atoms with Crippen molar-refractivity contribution < 1.29 is 18.5 Å². The van der Waals surface area contributed by atoms with Crippen molar-refractivity contribution in [1.29, 1.82) is 5.26 Å². The topological polar surface area (TPSA) is 102 Å². The lowest BCUT2D eigenvalue weighted by Gasteiger charge is -1.96. The second kappa shape index (κ2) is 5.05. The molecule has 7 nitrogen and oxygen atoms in total. The third-order valence-electron chi connectivity index (χ3n) is 1.60. The van der Waals surface area contributed by atoms with Crippen LogP contribution in [0.2, 0.25) is 0 Å². The first-order valence-electron chi connectivity index (χ1n) is 4.01. The summed E-state index contributed by atoms with van der Waals surface area (Å²) in [7, 11) is -2.72. The fourth-order valence-electron chi connectivity index (χ4n) is 0.980. The van der Waals surface area contributed by atoms with E-state index in [1.807, 2.05) is 0 Å². The van der Waals surface area contributed by atoms with Crippen LogP contribution in [0.25, 0.3) is 0 Å². The Morgan fingerprint density at radius 2 is 2.25 bits per heavy atom. The SMILES string of the molecule is Cc1ccc(O[P+](=O)OC#N)c([N+](=O)[O-])c1. The zero-order valence-corrected chi connectivity index (χ0v) is 9.01. The number of hydrogen-bond donors (Lipinski definition) is 0. The number of aryl methyl sites for hydroxylation is 1. The summed E-state index contributed by atoms with van der Waals surface area (Å²) in [4.78, 5) is 9.97. The predicted octanol–water partition coefficient (Wildman–Crippen LogP) is 2.44. The lowest BCUT2D eigenvalue weighted by atomic mass is 10.2. The molecule has 82 valence electrons. The Hall–Kier alpha value is -2.19. The Labute approximate surface area is 91.3 Å². The smallest absolute Gasteiger partial charge is 0.258 e. The van der Waals surface area contributed by atoms with Crippen molar-refractivity contribution in [2.45, 2.75) is 6.92 Å². The molecule has 0 aliphatic carbocycles. The fourth-order valence-corrected chi connectivity index (χ4v) is 1.40. The molecule has 0 amide bonds. The van der Waals surface area contributed by atoms with Crippen molar-refractivity contribution in [2.75, 3.05) is 0 Å². The molecule has 0 aliphatic heterocycles. The van der Waals surface area contributed by atoms with Gasteiger partial charge in [-0.25, -0.2) is 4.52 Å². The van der Waals surface area contributed by atoms with E-state index in [1.165, 1.54) is 18.4 Å². The van der Waals surface area contributed by atoms with E-state index in [0.29, 0.717) is 5.56 Å². The normalized spacial score (nSPS) is 10.1. The van der Waals surface area contributed by atoms with Gasteiger partial charge in [0.05, 0.1) is 4.92 Å². The van der Waals surface area contributed by atoms with E-state index < -0.39 is 13.2 Å². The first kappa shape index (κ1) is 11.9. The highest BCUT2D eigenvalue weighted by atomic mass is 31.1. The van der Waals surface area contributed by atoms with Gasteiger partial charge >= 0.3 is 20.2 Å². The van der Waals surface area contributed by atoms with E-state index in [-0.39, 0.29) is 11.4 Å². The maximum Gasteiger partial charge on any atom is 0.816 e. The Morgan fingerprint density at radius 1 is 1.56 bits per heavy atom. The number of benzene rings is 1. The number of nitrogens with zero attached hydrogens (tertiary/aromatic N) is 2. The van der Waals surface area contributed by atoms with Crippen molar-refractivity contribution in [3.05, 3.63) is 33.9 Å². The van der Waals surface area contributed by atoms with Gasteiger partial charge in [-0.1, -0.05) is 6.07 Å². The van der Waals surface area contributed by atoms with Crippen LogP contribution in [-0.4, -0.2) is 4.92 Å². The lowest BCUT2D eigenvalue weighted by Crippen LogP contribution is -1.93. The molecule has 8 heteroatoms. The van der Waals surface area contributed by atoms with Gasteiger partial charge in [0.1, 0.15) is 0 Å². The van der Waals surface area contributed by atoms with Crippen LogP contribution in [0.3, 0.4) is 0 Å². The van der Waals surface area contributed by atoms with E-state index >= 15 is 0 Å². The van der Waals surface area contributed by atoms with E-state index in [1.54, 1.807) is 13.0 Å². The van der Waals surface area contributed by atoms with Crippen LogP contribution in [0.1, 0.15) is 5.56 Å². The molecule has 0 spiro atoms. The zero-order valence-electron chi connectivity index (χ0n) is 8.11. The zero-order chi connectivity index (χ0) is 12.1. The predicted molar refractivity (Wildman–Crippen MR) is 52.8 cm³/mol. The van der Waals surface area contributed by atoms with Gasteiger partial charge in [0, 0.05) is 10.6 Å². The average Bonchev–Trinajstić information content (AvgIpc) is 2.20. The molecule has 0 saturated heterocycles. The van der Waals surface area contributed by atoms with Crippen molar-refractivity contribution in [2.24, 2.45) is 0 Å². The number of rotatable bonds is 4. The van der Waals surface area contributed by atoms with Crippen LogP contribution in [0.5, 0.6) is 5.75 Å². The quantitative estimate of drug-likeness (QED) is 0.347. The molecule has 0 aromatic heterocycles. The molecule has 0 heterocycles. The summed E-state index contributed by atoms with van der Waals surface area (Å²) in [5.74, 6) is -0.202. The van der Waals surface area contributed by atoms with Gasteiger partial charge in [-0.05, 0) is 18.6 Å². The summed E-state index contributed by atoms with van der Waals surface area (Å²) in [6.07, 6.45) is 1.17. The van der Waals surface area contributed by atoms with E-state index in [4.69, 9.17) is 5.26 Å². The maximum absolute atomic E-state index is 10.9. The van der Waals surface area contributed by atoms with E-state index in [2.05, 4.69) is 9.05 Å². The highest BCUT2D eigenvalue weighted by molar-refractivity contribution is 7.34. The van der Waals surface area contributed by atoms with Gasteiger partial charge < -0.3 is 0 Å². The molecule has 16 heavy (non-hydrogen) atoms. The monoisotopic (exact) mass is 241 g/mol. The molecular weight excluding hydrogens is 235 g/mol. The maximum atomic E-state index is 10.9. The van der Waals surface area contributed by atoms with Gasteiger partial charge in [-0.2, -0.15) is 0 Å². The Kier molecular flexibility index (Phi) is 3.75.